The zero-order valence-corrected chi connectivity index (χ0v) is 13.7. The van der Waals surface area contributed by atoms with Crippen LogP contribution in [0.25, 0.3) is 21.3 Å². The third-order valence-electron chi connectivity index (χ3n) is 3.33. The summed E-state index contributed by atoms with van der Waals surface area (Å²) in [6, 6.07) is 10.1. The number of hydrogen-bond acceptors (Lipinski definition) is 5. The molecule has 1 atom stereocenters. The quantitative estimate of drug-likeness (QED) is 0.573. The lowest BCUT2D eigenvalue weighted by Gasteiger charge is -2.08. The Kier molecular flexibility index (Phi) is 4.13. The molecule has 0 aliphatic heterocycles. The van der Waals surface area contributed by atoms with Gasteiger partial charge in [0.2, 0.25) is 0 Å². The van der Waals surface area contributed by atoms with Crippen molar-refractivity contribution in [2.75, 3.05) is 0 Å². The summed E-state index contributed by atoms with van der Waals surface area (Å²) in [5.74, 6) is -0.843. The van der Waals surface area contributed by atoms with E-state index in [1.165, 1.54) is 18.1 Å². The molecule has 1 N–H and O–H groups in total. The minimum atomic E-state index is -0.843. The topological polar surface area (TPSA) is 63.1 Å². The van der Waals surface area contributed by atoms with Crippen molar-refractivity contribution in [1.29, 1.82) is 0 Å². The van der Waals surface area contributed by atoms with Gasteiger partial charge >= 0.3 is 5.97 Å². The van der Waals surface area contributed by atoms with Crippen LogP contribution >= 0.6 is 23.1 Å². The van der Waals surface area contributed by atoms with Crippen molar-refractivity contribution < 1.29 is 9.90 Å². The molecule has 2 heterocycles. The summed E-state index contributed by atoms with van der Waals surface area (Å²) >= 11 is 2.87. The van der Waals surface area contributed by atoms with Crippen LogP contribution in [0, 0.1) is 6.92 Å². The van der Waals surface area contributed by atoms with Crippen LogP contribution in [0.5, 0.6) is 0 Å². The van der Waals surface area contributed by atoms with Gasteiger partial charge in [-0.1, -0.05) is 42.1 Å². The maximum atomic E-state index is 11.1. The average molecular weight is 330 g/mol. The second-order valence-electron chi connectivity index (χ2n) is 4.86. The Morgan fingerprint density at radius 2 is 2.00 bits per heavy atom. The predicted octanol–water partition coefficient (Wildman–Crippen LogP) is 4.23. The molecule has 3 aromatic rings. The van der Waals surface area contributed by atoms with Gasteiger partial charge < -0.3 is 5.11 Å². The van der Waals surface area contributed by atoms with Gasteiger partial charge in [0.1, 0.15) is 21.4 Å². The van der Waals surface area contributed by atoms with Crippen LogP contribution in [-0.2, 0) is 4.79 Å². The third-order valence-corrected chi connectivity index (χ3v) is 5.43. The van der Waals surface area contributed by atoms with Gasteiger partial charge in [-0.05, 0) is 19.4 Å². The molecule has 112 valence electrons. The van der Waals surface area contributed by atoms with Crippen LogP contribution < -0.4 is 0 Å². The van der Waals surface area contributed by atoms with Gasteiger partial charge in [-0.15, -0.1) is 11.3 Å². The highest BCUT2D eigenvalue weighted by Gasteiger charge is 2.20. The molecular weight excluding hydrogens is 316 g/mol. The van der Waals surface area contributed by atoms with E-state index in [4.69, 9.17) is 5.11 Å². The van der Waals surface area contributed by atoms with E-state index in [1.54, 1.807) is 18.3 Å². The average Bonchev–Trinajstić information content (AvgIpc) is 2.85. The van der Waals surface area contributed by atoms with Crippen LogP contribution in [0.4, 0.5) is 0 Å². The molecular formula is C16H14N2O2S2. The molecule has 0 saturated carbocycles. The fourth-order valence-electron chi connectivity index (χ4n) is 2.28. The van der Waals surface area contributed by atoms with Gasteiger partial charge in [-0.25, -0.2) is 9.97 Å². The number of rotatable bonds is 4. The molecule has 0 bridgehead atoms. The van der Waals surface area contributed by atoms with E-state index in [-0.39, 0.29) is 0 Å². The summed E-state index contributed by atoms with van der Waals surface area (Å²) in [5, 5.41) is 10.3. The molecule has 0 amide bonds. The minimum Gasteiger partial charge on any atom is -0.480 e. The number of hydrogen-bond donors (Lipinski definition) is 1. The van der Waals surface area contributed by atoms with E-state index in [9.17, 15) is 4.79 Å². The van der Waals surface area contributed by atoms with E-state index >= 15 is 0 Å². The number of carbonyl (C=O) groups is 1. The fraction of sp³-hybridized carbons (Fsp3) is 0.188. The van der Waals surface area contributed by atoms with Gasteiger partial charge in [0.05, 0.1) is 5.39 Å². The molecule has 0 aliphatic carbocycles. The van der Waals surface area contributed by atoms with Crippen LogP contribution in [0.15, 0.2) is 41.7 Å². The molecule has 6 heteroatoms. The van der Waals surface area contributed by atoms with Gasteiger partial charge in [-0.3, -0.25) is 4.79 Å². The minimum absolute atomic E-state index is 0.554. The largest absolute Gasteiger partial charge is 0.480 e. The lowest BCUT2D eigenvalue weighted by atomic mass is 10.0. The lowest BCUT2D eigenvalue weighted by Crippen LogP contribution is -2.11. The van der Waals surface area contributed by atoms with Crippen molar-refractivity contribution in [1.82, 2.24) is 9.97 Å². The summed E-state index contributed by atoms with van der Waals surface area (Å²) in [4.78, 5) is 21.9. The Balaban J connectivity index is 2.20. The van der Waals surface area contributed by atoms with Crippen molar-refractivity contribution in [2.45, 2.75) is 24.1 Å². The highest BCUT2D eigenvalue weighted by molar-refractivity contribution is 8.00. The highest BCUT2D eigenvalue weighted by atomic mass is 32.2. The molecule has 0 aliphatic rings. The lowest BCUT2D eigenvalue weighted by molar-refractivity contribution is -0.136. The third kappa shape index (κ3) is 2.71. The molecule has 4 nitrogen and oxygen atoms in total. The number of benzene rings is 1. The number of nitrogens with zero attached hydrogens (tertiary/aromatic N) is 2. The zero-order chi connectivity index (χ0) is 15.7. The monoisotopic (exact) mass is 330 g/mol. The predicted molar refractivity (Wildman–Crippen MR) is 90.5 cm³/mol. The highest BCUT2D eigenvalue weighted by Crippen LogP contribution is 2.41. The molecule has 0 saturated heterocycles. The molecule has 3 rings (SSSR count). The van der Waals surface area contributed by atoms with Gasteiger partial charge in [0.25, 0.3) is 0 Å². The first-order chi connectivity index (χ1) is 10.6. The van der Waals surface area contributed by atoms with Crippen molar-refractivity contribution in [3.63, 3.8) is 0 Å². The van der Waals surface area contributed by atoms with Gasteiger partial charge in [0.15, 0.2) is 0 Å². The van der Waals surface area contributed by atoms with Gasteiger partial charge in [-0.2, -0.15) is 0 Å². The zero-order valence-electron chi connectivity index (χ0n) is 12.1. The molecule has 1 aromatic carbocycles. The van der Waals surface area contributed by atoms with Crippen LogP contribution in [-0.4, -0.2) is 26.3 Å². The number of aryl methyl sites for hydroxylation is 1. The second-order valence-corrected chi connectivity index (χ2v) is 7.39. The SMILES string of the molecule is Cc1sc2ncnc(SC(C)C(=O)O)c2c1-c1ccccc1. The second kappa shape index (κ2) is 6.06. The first-order valence-corrected chi connectivity index (χ1v) is 8.46. The van der Waals surface area contributed by atoms with Crippen molar-refractivity contribution in [3.05, 3.63) is 41.5 Å². The maximum Gasteiger partial charge on any atom is 0.316 e. The van der Waals surface area contributed by atoms with E-state index in [2.05, 4.69) is 29.0 Å². The van der Waals surface area contributed by atoms with Crippen molar-refractivity contribution >= 4 is 39.3 Å². The van der Waals surface area contributed by atoms with Crippen LogP contribution in [0.2, 0.25) is 0 Å². The smallest absolute Gasteiger partial charge is 0.316 e. The van der Waals surface area contributed by atoms with E-state index in [1.807, 2.05) is 18.2 Å². The summed E-state index contributed by atoms with van der Waals surface area (Å²) in [6.07, 6.45) is 1.50. The number of fused-ring (bicyclic) bond motifs is 1. The van der Waals surface area contributed by atoms with Crippen LogP contribution in [0.3, 0.4) is 0 Å². The van der Waals surface area contributed by atoms with Crippen molar-refractivity contribution in [2.24, 2.45) is 0 Å². The summed E-state index contributed by atoms with van der Waals surface area (Å²) in [6.45, 7) is 3.73. The first kappa shape index (κ1) is 15.0. The molecule has 0 fully saturated rings. The molecule has 2 aromatic heterocycles. The number of aliphatic carboxylic acids is 1. The number of thiophene rings is 1. The normalized spacial score (nSPS) is 12.5. The summed E-state index contributed by atoms with van der Waals surface area (Å²) < 4.78 is 0. The standard InChI is InChI=1S/C16H14N2O2S2/c1-9-12(11-6-4-3-5-7-11)13-14(21-9)17-8-18-15(13)22-10(2)16(19)20/h3-8,10H,1-2H3,(H,19,20). The van der Waals surface area contributed by atoms with E-state index in [0.717, 1.165) is 31.2 Å². The number of carboxylic acid groups (broad SMARTS) is 1. The number of carboxylic acids is 1. The Morgan fingerprint density at radius 1 is 1.27 bits per heavy atom. The molecule has 22 heavy (non-hydrogen) atoms. The maximum absolute atomic E-state index is 11.1. The molecule has 1 unspecified atom stereocenters. The number of aromatic nitrogens is 2. The Hall–Kier alpha value is -1.92. The Bertz CT molecular complexity index is 831. The Labute approximate surface area is 136 Å². The first-order valence-electron chi connectivity index (χ1n) is 6.77. The number of thioether (sulfide) groups is 1. The fourth-order valence-corrected chi connectivity index (χ4v) is 4.21. The van der Waals surface area contributed by atoms with Crippen molar-refractivity contribution in [3.8, 4) is 11.1 Å². The van der Waals surface area contributed by atoms with Gasteiger partial charge in [0, 0.05) is 10.4 Å². The van der Waals surface area contributed by atoms with E-state index in [0.29, 0.717) is 0 Å². The van der Waals surface area contributed by atoms with Crippen LogP contribution in [0.1, 0.15) is 11.8 Å². The summed E-state index contributed by atoms with van der Waals surface area (Å²) in [5.41, 5.74) is 2.20. The molecule has 0 radical (unpaired) electrons. The van der Waals surface area contributed by atoms with E-state index < -0.39 is 11.2 Å². The summed E-state index contributed by atoms with van der Waals surface area (Å²) in [7, 11) is 0. The Morgan fingerprint density at radius 3 is 2.68 bits per heavy atom. The molecule has 0 spiro atoms.